The smallest absolute Gasteiger partial charge is 0.00965 e. The van der Waals surface area contributed by atoms with Gasteiger partial charge in [0.25, 0.3) is 0 Å². The molecule has 2 rings (SSSR count). The zero-order valence-corrected chi connectivity index (χ0v) is 11.4. The van der Waals surface area contributed by atoms with Crippen molar-refractivity contribution in [2.24, 2.45) is 5.92 Å². The first-order valence-electron chi connectivity index (χ1n) is 6.84. The third kappa shape index (κ3) is 4.27. The second kappa shape index (κ2) is 6.87. The lowest BCUT2D eigenvalue weighted by molar-refractivity contribution is 0.312. The molecule has 2 fully saturated rings. The van der Waals surface area contributed by atoms with Gasteiger partial charge in [0, 0.05) is 12.6 Å². The highest BCUT2D eigenvalue weighted by molar-refractivity contribution is 7.98. The number of rotatable bonds is 8. The van der Waals surface area contributed by atoms with Crippen molar-refractivity contribution < 1.29 is 0 Å². The minimum absolute atomic E-state index is 0.932. The molecule has 0 aromatic carbocycles. The van der Waals surface area contributed by atoms with Gasteiger partial charge in [-0.15, -0.1) is 0 Å². The summed E-state index contributed by atoms with van der Waals surface area (Å²) in [6, 6.07) is 0.978. The molecule has 0 spiro atoms. The number of hydrogen-bond donors (Lipinski definition) is 1. The molecular formula is C13H26N2S. The van der Waals surface area contributed by atoms with Crippen LogP contribution in [0.1, 0.15) is 32.1 Å². The molecule has 94 valence electrons. The lowest BCUT2D eigenvalue weighted by Gasteiger charge is -2.15. The predicted octanol–water partition coefficient (Wildman–Crippen LogP) is 2.20. The zero-order chi connectivity index (χ0) is 11.2. The molecular weight excluding hydrogens is 216 g/mol. The van der Waals surface area contributed by atoms with E-state index in [1.54, 1.807) is 0 Å². The number of nitrogens with zero attached hydrogens (tertiary/aromatic N) is 1. The van der Waals surface area contributed by atoms with Crippen LogP contribution in [0.5, 0.6) is 0 Å². The van der Waals surface area contributed by atoms with Crippen molar-refractivity contribution in [1.82, 2.24) is 10.2 Å². The minimum Gasteiger partial charge on any atom is -0.316 e. The van der Waals surface area contributed by atoms with Gasteiger partial charge in [-0.2, -0.15) is 11.8 Å². The first-order valence-corrected chi connectivity index (χ1v) is 8.23. The van der Waals surface area contributed by atoms with Crippen molar-refractivity contribution in [3.8, 4) is 0 Å². The van der Waals surface area contributed by atoms with Gasteiger partial charge in [0.05, 0.1) is 0 Å². The summed E-state index contributed by atoms with van der Waals surface area (Å²) in [7, 11) is 0. The molecule has 1 unspecified atom stereocenters. The van der Waals surface area contributed by atoms with Crippen molar-refractivity contribution in [3.63, 3.8) is 0 Å². The summed E-state index contributed by atoms with van der Waals surface area (Å²) in [5.41, 5.74) is 0. The van der Waals surface area contributed by atoms with Crippen LogP contribution in [-0.4, -0.2) is 49.1 Å². The fourth-order valence-corrected chi connectivity index (χ4v) is 3.10. The lowest BCUT2D eigenvalue weighted by atomic mass is 10.1. The van der Waals surface area contributed by atoms with E-state index in [0.29, 0.717) is 0 Å². The molecule has 0 radical (unpaired) electrons. The third-order valence-corrected chi connectivity index (χ3v) is 4.46. The standard InChI is InChI=1S/C13H26N2S/c1-16-9-3-2-7-14-10-12-6-8-15(11-12)13-4-5-13/h12-14H,2-11H2,1H3. The number of unbranched alkanes of at least 4 members (excludes halogenated alkanes) is 1. The highest BCUT2D eigenvalue weighted by Crippen LogP contribution is 2.31. The van der Waals surface area contributed by atoms with Gasteiger partial charge in [-0.1, -0.05) is 0 Å². The summed E-state index contributed by atoms with van der Waals surface area (Å²) >= 11 is 1.96. The molecule has 0 bridgehead atoms. The van der Waals surface area contributed by atoms with Crippen LogP contribution in [0.15, 0.2) is 0 Å². The second-order valence-corrected chi connectivity index (χ2v) is 6.27. The monoisotopic (exact) mass is 242 g/mol. The van der Waals surface area contributed by atoms with E-state index in [0.717, 1.165) is 12.0 Å². The number of thioether (sulfide) groups is 1. The minimum atomic E-state index is 0.932. The molecule has 0 aromatic heterocycles. The Morgan fingerprint density at radius 2 is 2.12 bits per heavy atom. The van der Waals surface area contributed by atoms with Crippen LogP contribution in [0.4, 0.5) is 0 Å². The van der Waals surface area contributed by atoms with Crippen LogP contribution >= 0.6 is 11.8 Å². The van der Waals surface area contributed by atoms with E-state index in [2.05, 4.69) is 16.5 Å². The molecule has 3 heteroatoms. The fourth-order valence-electron chi connectivity index (χ4n) is 2.60. The Bertz CT molecular complexity index is 194. The summed E-state index contributed by atoms with van der Waals surface area (Å²) in [4.78, 5) is 2.71. The van der Waals surface area contributed by atoms with Gasteiger partial charge >= 0.3 is 0 Å². The van der Waals surface area contributed by atoms with Crippen LogP contribution in [0.25, 0.3) is 0 Å². The molecule has 1 heterocycles. The molecule has 1 aliphatic heterocycles. The quantitative estimate of drug-likeness (QED) is 0.657. The third-order valence-electron chi connectivity index (χ3n) is 3.77. The summed E-state index contributed by atoms with van der Waals surface area (Å²) in [6.45, 7) is 5.20. The molecule has 16 heavy (non-hydrogen) atoms. The van der Waals surface area contributed by atoms with E-state index in [9.17, 15) is 0 Å². The molecule has 2 nitrogen and oxygen atoms in total. The maximum absolute atomic E-state index is 3.63. The van der Waals surface area contributed by atoms with Gasteiger partial charge in [-0.3, -0.25) is 0 Å². The Labute approximate surface area is 105 Å². The van der Waals surface area contributed by atoms with Crippen molar-refractivity contribution >= 4 is 11.8 Å². The van der Waals surface area contributed by atoms with Gasteiger partial charge < -0.3 is 10.2 Å². The molecule has 0 amide bonds. The fraction of sp³-hybridized carbons (Fsp3) is 1.00. The molecule has 1 atom stereocenters. The van der Waals surface area contributed by atoms with Gasteiger partial charge in [0.2, 0.25) is 0 Å². The SMILES string of the molecule is CSCCCCNCC1CCN(C2CC2)C1. The Morgan fingerprint density at radius 3 is 2.88 bits per heavy atom. The van der Waals surface area contributed by atoms with Crippen LogP contribution in [0.2, 0.25) is 0 Å². The summed E-state index contributed by atoms with van der Waals surface area (Å²) in [5.74, 6) is 2.25. The summed E-state index contributed by atoms with van der Waals surface area (Å²) in [6.07, 6.45) is 9.27. The van der Waals surface area contributed by atoms with Crippen molar-refractivity contribution in [2.75, 3.05) is 38.2 Å². The lowest BCUT2D eigenvalue weighted by Crippen LogP contribution is -2.28. The molecule has 1 saturated heterocycles. The van der Waals surface area contributed by atoms with Gasteiger partial charge in [-0.25, -0.2) is 0 Å². The Hall–Kier alpha value is 0.270. The zero-order valence-electron chi connectivity index (χ0n) is 10.6. The number of nitrogens with one attached hydrogen (secondary N) is 1. The van der Waals surface area contributed by atoms with Crippen LogP contribution in [0, 0.1) is 5.92 Å². The van der Waals surface area contributed by atoms with E-state index in [1.807, 2.05) is 11.8 Å². The van der Waals surface area contributed by atoms with Gasteiger partial charge in [0.15, 0.2) is 0 Å². The second-order valence-electron chi connectivity index (χ2n) is 5.28. The van der Waals surface area contributed by atoms with Crippen LogP contribution < -0.4 is 5.32 Å². The number of likely N-dealkylation sites (tertiary alicyclic amines) is 1. The van der Waals surface area contributed by atoms with E-state index < -0.39 is 0 Å². The van der Waals surface area contributed by atoms with Gasteiger partial charge in [-0.05, 0) is 69.7 Å². The first-order chi connectivity index (χ1) is 7.90. The molecule has 1 N–H and O–H groups in total. The van der Waals surface area contributed by atoms with Crippen LogP contribution in [0.3, 0.4) is 0 Å². The van der Waals surface area contributed by atoms with E-state index in [-0.39, 0.29) is 0 Å². The summed E-state index contributed by atoms with van der Waals surface area (Å²) < 4.78 is 0. The largest absolute Gasteiger partial charge is 0.316 e. The maximum Gasteiger partial charge on any atom is 0.00965 e. The van der Waals surface area contributed by atoms with Crippen molar-refractivity contribution in [2.45, 2.75) is 38.1 Å². The molecule has 1 aliphatic carbocycles. The average molecular weight is 242 g/mol. The topological polar surface area (TPSA) is 15.3 Å². The Morgan fingerprint density at radius 1 is 1.25 bits per heavy atom. The first kappa shape index (κ1) is 12.7. The molecule has 2 aliphatic rings. The number of hydrogen-bond acceptors (Lipinski definition) is 3. The van der Waals surface area contributed by atoms with Crippen LogP contribution in [-0.2, 0) is 0 Å². The average Bonchev–Trinajstić information content (AvgIpc) is 3.04. The van der Waals surface area contributed by atoms with E-state index in [4.69, 9.17) is 0 Å². The van der Waals surface area contributed by atoms with Crippen molar-refractivity contribution in [3.05, 3.63) is 0 Å². The normalized spacial score (nSPS) is 26.4. The van der Waals surface area contributed by atoms with Crippen molar-refractivity contribution in [1.29, 1.82) is 0 Å². The molecule has 1 saturated carbocycles. The summed E-state index contributed by atoms with van der Waals surface area (Å²) in [5, 5.41) is 3.63. The Kier molecular flexibility index (Phi) is 5.46. The Balaban J connectivity index is 1.44. The highest BCUT2D eigenvalue weighted by atomic mass is 32.2. The molecule has 0 aromatic rings. The van der Waals surface area contributed by atoms with E-state index >= 15 is 0 Å². The highest BCUT2D eigenvalue weighted by Gasteiger charge is 2.33. The predicted molar refractivity (Wildman–Crippen MR) is 73.2 cm³/mol. The van der Waals surface area contributed by atoms with E-state index in [1.165, 1.54) is 64.0 Å². The maximum atomic E-state index is 3.63. The van der Waals surface area contributed by atoms with Gasteiger partial charge in [0.1, 0.15) is 0 Å².